The number of benzene rings is 7. The van der Waals surface area contributed by atoms with E-state index >= 15 is 0 Å². The van der Waals surface area contributed by atoms with Gasteiger partial charge >= 0.3 is 0 Å². The average molecular weight is 680 g/mol. The van der Waals surface area contributed by atoms with E-state index in [1.807, 2.05) is 47.7 Å². The van der Waals surface area contributed by atoms with Crippen molar-refractivity contribution in [1.29, 1.82) is 0 Å². The Hall–Kier alpha value is -5.76. The molecule has 10 rings (SSSR count). The van der Waals surface area contributed by atoms with Gasteiger partial charge in [0.25, 0.3) is 0 Å². The van der Waals surface area contributed by atoms with Gasteiger partial charge in [-0.25, -0.2) is 0 Å². The third kappa shape index (κ3) is 5.11. The van der Waals surface area contributed by atoms with Crippen LogP contribution in [0.15, 0.2) is 160 Å². The minimum atomic E-state index is -0.532. The van der Waals surface area contributed by atoms with Gasteiger partial charge in [-0.1, -0.05) is 127 Å². The lowest BCUT2D eigenvalue weighted by Gasteiger charge is -2.25. The Morgan fingerprint density at radius 1 is 0.549 bits per heavy atom. The number of nitrogens with two attached hydrogens (primary N) is 1. The van der Waals surface area contributed by atoms with Crippen LogP contribution in [0, 0.1) is 0 Å². The quantitative estimate of drug-likeness (QED) is 0.139. The van der Waals surface area contributed by atoms with Crippen LogP contribution in [0.2, 0.25) is 0 Å². The van der Waals surface area contributed by atoms with E-state index in [-0.39, 0.29) is 6.17 Å². The number of para-hydroxylation sites is 3. The van der Waals surface area contributed by atoms with Crippen LogP contribution < -0.4 is 16.4 Å². The molecule has 7 aromatic carbocycles. The molecule has 0 amide bonds. The summed E-state index contributed by atoms with van der Waals surface area (Å²) in [4.78, 5) is 0. The summed E-state index contributed by atoms with van der Waals surface area (Å²) in [6.45, 7) is 0.639. The van der Waals surface area contributed by atoms with Gasteiger partial charge < -0.3 is 14.6 Å². The van der Waals surface area contributed by atoms with Crippen LogP contribution in [-0.2, 0) is 6.54 Å². The minimum Gasteiger partial charge on any atom is -0.456 e. The van der Waals surface area contributed by atoms with Gasteiger partial charge in [-0.3, -0.25) is 10.6 Å². The number of hydrogen-bond donors (Lipinski definition) is 3. The Labute approximate surface area is 297 Å². The first-order valence-corrected chi connectivity index (χ1v) is 18.1. The van der Waals surface area contributed by atoms with Crippen molar-refractivity contribution in [2.45, 2.75) is 18.9 Å². The lowest BCUT2D eigenvalue weighted by molar-refractivity contribution is 0.384. The highest BCUT2D eigenvalue weighted by Crippen LogP contribution is 2.42. The van der Waals surface area contributed by atoms with E-state index in [2.05, 4.69) is 126 Å². The molecule has 5 nitrogen and oxygen atoms in total. The van der Waals surface area contributed by atoms with Crippen molar-refractivity contribution >= 4 is 75.4 Å². The molecular weight excluding hydrogens is 647 g/mol. The highest BCUT2D eigenvalue weighted by Gasteiger charge is 2.23. The molecule has 0 aliphatic heterocycles. The van der Waals surface area contributed by atoms with Crippen molar-refractivity contribution in [3.8, 4) is 11.1 Å². The van der Waals surface area contributed by atoms with Crippen LogP contribution in [0.1, 0.15) is 29.0 Å². The molecule has 0 aliphatic rings. The molecule has 0 aliphatic carbocycles. The molecule has 0 radical (unpaired) electrons. The van der Waals surface area contributed by atoms with E-state index in [1.165, 1.54) is 31.3 Å². The third-order valence-electron chi connectivity index (χ3n) is 10.0. The number of furan rings is 2. The summed E-state index contributed by atoms with van der Waals surface area (Å²) in [6.07, 6.45) is -0.869. The van der Waals surface area contributed by atoms with E-state index in [9.17, 15) is 0 Å². The second-order valence-corrected chi connectivity index (χ2v) is 14.1. The monoisotopic (exact) mass is 679 g/mol. The van der Waals surface area contributed by atoms with Crippen molar-refractivity contribution < 1.29 is 8.83 Å². The summed E-state index contributed by atoms with van der Waals surface area (Å²) in [5, 5.41) is 14.3. The maximum Gasteiger partial charge on any atom is 0.141 e. The van der Waals surface area contributed by atoms with Crippen LogP contribution in [-0.4, -0.2) is 0 Å². The molecule has 4 N–H and O–H groups in total. The minimum absolute atomic E-state index is 0.337. The Balaban J connectivity index is 1.07. The van der Waals surface area contributed by atoms with Crippen LogP contribution in [0.25, 0.3) is 75.2 Å². The molecule has 6 heteroatoms. The number of hydrogen-bond acceptors (Lipinski definition) is 6. The van der Waals surface area contributed by atoms with Gasteiger partial charge in [-0.15, -0.1) is 11.3 Å². The molecule has 0 fully saturated rings. The maximum atomic E-state index is 7.03. The molecule has 0 spiro atoms. The molecule has 0 bridgehead atoms. The topological polar surface area (TPSA) is 76.4 Å². The van der Waals surface area contributed by atoms with E-state index in [4.69, 9.17) is 14.6 Å². The van der Waals surface area contributed by atoms with Crippen LogP contribution >= 0.6 is 11.3 Å². The Kier molecular flexibility index (Phi) is 7.22. The van der Waals surface area contributed by atoms with Crippen molar-refractivity contribution in [3.63, 3.8) is 0 Å². The fourth-order valence-corrected chi connectivity index (χ4v) is 8.79. The first-order chi connectivity index (χ1) is 25.2. The summed E-state index contributed by atoms with van der Waals surface area (Å²) in [5.74, 6) is 0. The second-order valence-electron chi connectivity index (χ2n) is 13.1. The standard InChI is InChI=1S/C45H33N3O2S/c46-44(36-19-9-16-33-30-13-4-6-21-38(30)49-41(33)36)48-45(47-26-27-11-2-1-3-12-27)37-20-10-17-34-31-24-23-28(25-39(31)50-42(34)37)29-15-8-18-35-32-14-5-7-22-40(32)51-43(29)35/h1-25,44-45,47-48H,26,46H2. The number of nitrogens with one attached hydrogen (secondary N) is 2. The summed E-state index contributed by atoms with van der Waals surface area (Å²) >= 11 is 1.84. The molecular formula is C45H33N3O2S. The summed E-state index contributed by atoms with van der Waals surface area (Å²) in [7, 11) is 0. The molecule has 3 aromatic heterocycles. The van der Waals surface area contributed by atoms with Gasteiger partial charge in [0.1, 0.15) is 22.3 Å². The van der Waals surface area contributed by atoms with Crippen LogP contribution in [0.5, 0.6) is 0 Å². The summed E-state index contributed by atoms with van der Waals surface area (Å²) in [6, 6.07) is 52.9. The van der Waals surface area contributed by atoms with E-state index < -0.39 is 6.17 Å². The average Bonchev–Trinajstić information content (AvgIpc) is 3.88. The van der Waals surface area contributed by atoms with Crippen molar-refractivity contribution in [1.82, 2.24) is 10.6 Å². The van der Waals surface area contributed by atoms with Gasteiger partial charge in [-0.2, -0.15) is 0 Å². The number of fused-ring (bicyclic) bond motifs is 9. The molecule has 0 saturated heterocycles. The first kappa shape index (κ1) is 30.1. The largest absolute Gasteiger partial charge is 0.456 e. The zero-order valence-electron chi connectivity index (χ0n) is 27.6. The van der Waals surface area contributed by atoms with Gasteiger partial charge in [0.15, 0.2) is 0 Å². The molecule has 2 atom stereocenters. The summed E-state index contributed by atoms with van der Waals surface area (Å²) in [5.41, 5.74) is 15.8. The van der Waals surface area contributed by atoms with Crippen LogP contribution in [0.3, 0.4) is 0 Å². The van der Waals surface area contributed by atoms with E-state index in [0.717, 1.165) is 60.6 Å². The van der Waals surface area contributed by atoms with Crippen molar-refractivity contribution in [3.05, 3.63) is 168 Å². The van der Waals surface area contributed by atoms with E-state index in [1.54, 1.807) is 0 Å². The number of rotatable bonds is 8. The molecule has 51 heavy (non-hydrogen) atoms. The normalized spacial score (nSPS) is 13.3. The predicted octanol–water partition coefficient (Wildman–Crippen LogP) is 11.6. The maximum absolute atomic E-state index is 7.03. The first-order valence-electron chi connectivity index (χ1n) is 17.2. The zero-order chi connectivity index (χ0) is 33.9. The van der Waals surface area contributed by atoms with E-state index in [0.29, 0.717) is 6.54 Å². The highest BCUT2D eigenvalue weighted by molar-refractivity contribution is 7.26. The van der Waals surface area contributed by atoms with Gasteiger partial charge in [0, 0.05) is 59.4 Å². The lowest BCUT2D eigenvalue weighted by atomic mass is 10.0. The fourth-order valence-electron chi connectivity index (χ4n) is 7.55. The Morgan fingerprint density at radius 3 is 2.06 bits per heavy atom. The summed E-state index contributed by atoms with van der Waals surface area (Å²) < 4.78 is 15.8. The highest BCUT2D eigenvalue weighted by atomic mass is 32.1. The lowest BCUT2D eigenvalue weighted by Crippen LogP contribution is -2.40. The SMILES string of the molecule is NC(NC(NCc1ccccc1)c1cccc2c1oc1cc(-c3cccc4c3sc3ccccc34)ccc12)c1cccc2c1oc1ccccc12. The zero-order valence-corrected chi connectivity index (χ0v) is 28.4. The fraction of sp³-hybridized carbons (Fsp3) is 0.0667. The predicted molar refractivity (Wildman–Crippen MR) is 212 cm³/mol. The second kappa shape index (κ2) is 12.2. The number of thiophene rings is 1. The van der Waals surface area contributed by atoms with Crippen LogP contribution in [0.4, 0.5) is 0 Å². The Morgan fingerprint density at radius 2 is 1.20 bits per heavy atom. The molecule has 10 aromatic rings. The molecule has 3 heterocycles. The van der Waals surface area contributed by atoms with Gasteiger partial charge in [0.05, 0.1) is 12.3 Å². The van der Waals surface area contributed by atoms with Gasteiger partial charge in [-0.05, 0) is 41.0 Å². The van der Waals surface area contributed by atoms with Gasteiger partial charge in [0.2, 0.25) is 0 Å². The Bertz CT molecular complexity index is 2890. The third-order valence-corrected chi connectivity index (χ3v) is 11.2. The molecule has 2 unspecified atom stereocenters. The smallest absolute Gasteiger partial charge is 0.141 e. The molecule has 246 valence electrons. The molecule has 0 saturated carbocycles. The van der Waals surface area contributed by atoms with Crippen molar-refractivity contribution in [2.75, 3.05) is 0 Å². The van der Waals surface area contributed by atoms with Crippen molar-refractivity contribution in [2.24, 2.45) is 5.73 Å².